The zero-order chi connectivity index (χ0) is 7.56. The summed E-state index contributed by atoms with van der Waals surface area (Å²) in [7, 11) is 0. The molecule has 0 aromatic carbocycles. The molecule has 0 radical (unpaired) electrons. The molecule has 11 heavy (non-hydrogen) atoms. The van der Waals surface area contributed by atoms with Gasteiger partial charge in [0, 0.05) is 4.83 Å². The lowest BCUT2D eigenvalue weighted by atomic mass is 9.89. The average molecular weight is 237 g/mol. The molecular formula is C7H14AlBrO2. The smallest absolute Gasteiger partial charge is 0.306 e. The Morgan fingerprint density at radius 1 is 1.45 bits per heavy atom. The van der Waals surface area contributed by atoms with Crippen LogP contribution in [0.1, 0.15) is 25.7 Å². The van der Waals surface area contributed by atoms with Gasteiger partial charge >= 0.3 is 5.97 Å². The van der Waals surface area contributed by atoms with Crippen LogP contribution >= 0.6 is 15.9 Å². The minimum atomic E-state index is -0.635. The van der Waals surface area contributed by atoms with Crippen LogP contribution in [0.4, 0.5) is 0 Å². The van der Waals surface area contributed by atoms with Crippen molar-refractivity contribution in [3.8, 4) is 0 Å². The third kappa shape index (κ3) is 3.60. The second kappa shape index (κ2) is 5.19. The quantitative estimate of drug-likeness (QED) is 0.542. The molecule has 0 spiro atoms. The van der Waals surface area contributed by atoms with E-state index in [9.17, 15) is 4.79 Å². The van der Waals surface area contributed by atoms with E-state index < -0.39 is 5.97 Å². The molecule has 0 aromatic heterocycles. The molecular weight excluding hydrogens is 223 g/mol. The maximum atomic E-state index is 10.5. The van der Waals surface area contributed by atoms with Crippen molar-refractivity contribution in [2.24, 2.45) is 5.92 Å². The summed E-state index contributed by atoms with van der Waals surface area (Å²) in [6.07, 6.45) is 3.84. The van der Waals surface area contributed by atoms with Gasteiger partial charge in [-0.05, 0) is 19.3 Å². The number of carbonyl (C=O) groups is 1. The molecule has 1 saturated carbocycles. The molecule has 1 aliphatic rings. The van der Waals surface area contributed by atoms with Gasteiger partial charge in [-0.25, -0.2) is 0 Å². The Kier molecular flexibility index (Phi) is 5.41. The summed E-state index contributed by atoms with van der Waals surface area (Å²) in [5.41, 5.74) is 0. The van der Waals surface area contributed by atoms with Crippen LogP contribution in [-0.4, -0.2) is 33.3 Å². The topological polar surface area (TPSA) is 37.3 Å². The number of rotatable bonds is 1. The van der Waals surface area contributed by atoms with Crippen LogP contribution in [0.3, 0.4) is 0 Å². The fraction of sp³-hybridized carbons (Fsp3) is 0.857. The largest absolute Gasteiger partial charge is 0.481 e. The molecule has 0 aromatic rings. The van der Waals surface area contributed by atoms with Gasteiger partial charge in [0.15, 0.2) is 17.4 Å². The summed E-state index contributed by atoms with van der Waals surface area (Å²) < 4.78 is 0. The Balaban J connectivity index is 0.000001000. The molecule has 0 bridgehead atoms. The number of aliphatic carboxylic acids is 1. The average Bonchev–Trinajstić information content (AvgIpc) is 1.88. The minimum absolute atomic E-state index is 0. The SMILES string of the molecule is O=C(O)C1CCCC(Br)C1.[AlH3]. The summed E-state index contributed by atoms with van der Waals surface area (Å²) in [5, 5.41) is 8.64. The van der Waals surface area contributed by atoms with Gasteiger partial charge in [0.1, 0.15) is 0 Å². The predicted molar refractivity (Wildman–Crippen MR) is 52.2 cm³/mol. The lowest BCUT2D eigenvalue weighted by Crippen LogP contribution is -2.22. The van der Waals surface area contributed by atoms with Crippen LogP contribution in [0.2, 0.25) is 0 Å². The Bertz CT molecular complexity index is 140. The molecule has 1 rings (SSSR count). The highest BCUT2D eigenvalue weighted by molar-refractivity contribution is 9.09. The van der Waals surface area contributed by atoms with Crippen molar-refractivity contribution >= 4 is 39.3 Å². The van der Waals surface area contributed by atoms with Crippen molar-refractivity contribution in [2.45, 2.75) is 30.5 Å². The van der Waals surface area contributed by atoms with Gasteiger partial charge in [0.05, 0.1) is 5.92 Å². The first kappa shape index (κ1) is 11.5. The molecule has 1 N–H and O–H groups in total. The first-order valence-corrected chi connectivity index (χ1v) is 4.48. The Morgan fingerprint density at radius 3 is 2.45 bits per heavy atom. The van der Waals surface area contributed by atoms with Crippen LogP contribution in [0.15, 0.2) is 0 Å². The molecule has 0 amide bonds. The lowest BCUT2D eigenvalue weighted by Gasteiger charge is -2.21. The highest BCUT2D eigenvalue weighted by Gasteiger charge is 2.24. The molecule has 2 nitrogen and oxygen atoms in total. The van der Waals surface area contributed by atoms with E-state index in [4.69, 9.17) is 5.11 Å². The number of carboxylic acids is 1. The minimum Gasteiger partial charge on any atom is -0.481 e. The van der Waals surface area contributed by atoms with E-state index in [0.29, 0.717) is 4.83 Å². The summed E-state index contributed by atoms with van der Waals surface area (Å²) in [6, 6.07) is 0. The summed E-state index contributed by atoms with van der Waals surface area (Å²) in [4.78, 5) is 10.9. The normalized spacial score (nSPS) is 30.6. The van der Waals surface area contributed by atoms with Crippen molar-refractivity contribution in [1.82, 2.24) is 0 Å². The van der Waals surface area contributed by atoms with Crippen molar-refractivity contribution in [2.75, 3.05) is 0 Å². The summed E-state index contributed by atoms with van der Waals surface area (Å²) in [6.45, 7) is 0. The van der Waals surface area contributed by atoms with E-state index in [0.717, 1.165) is 25.7 Å². The molecule has 2 unspecified atom stereocenters. The van der Waals surface area contributed by atoms with Crippen molar-refractivity contribution in [1.29, 1.82) is 0 Å². The molecule has 0 heterocycles. The van der Waals surface area contributed by atoms with E-state index in [-0.39, 0.29) is 23.3 Å². The van der Waals surface area contributed by atoms with Gasteiger partial charge < -0.3 is 5.11 Å². The van der Waals surface area contributed by atoms with Gasteiger partial charge in [-0.15, -0.1) is 0 Å². The van der Waals surface area contributed by atoms with E-state index in [2.05, 4.69) is 15.9 Å². The Morgan fingerprint density at radius 2 is 2.09 bits per heavy atom. The first-order valence-electron chi connectivity index (χ1n) is 3.57. The standard InChI is InChI=1S/C7H11BrO2.Al.3H/c8-6-3-1-2-5(4-6)7(9)10;;;;/h5-6H,1-4H2,(H,9,10);;;;. The third-order valence-electron chi connectivity index (χ3n) is 1.96. The molecule has 4 heteroatoms. The molecule has 1 fully saturated rings. The van der Waals surface area contributed by atoms with Gasteiger partial charge in [-0.2, -0.15) is 0 Å². The van der Waals surface area contributed by atoms with Crippen LogP contribution in [-0.2, 0) is 4.79 Å². The number of alkyl halides is 1. The fourth-order valence-electron chi connectivity index (χ4n) is 1.35. The monoisotopic (exact) mass is 236 g/mol. The van der Waals surface area contributed by atoms with Crippen molar-refractivity contribution < 1.29 is 9.90 Å². The van der Waals surface area contributed by atoms with E-state index in [1.165, 1.54) is 0 Å². The molecule has 0 saturated heterocycles. The number of halogens is 1. The number of hydrogen-bond acceptors (Lipinski definition) is 1. The predicted octanol–water partition coefficient (Wildman–Crippen LogP) is 0.841. The van der Waals surface area contributed by atoms with E-state index >= 15 is 0 Å². The maximum absolute atomic E-state index is 10.5. The van der Waals surface area contributed by atoms with Gasteiger partial charge in [0.25, 0.3) is 0 Å². The van der Waals surface area contributed by atoms with Crippen molar-refractivity contribution in [3.63, 3.8) is 0 Å². The summed E-state index contributed by atoms with van der Waals surface area (Å²) >= 11 is 3.43. The van der Waals surface area contributed by atoms with Crippen LogP contribution in [0.25, 0.3) is 0 Å². The molecule has 0 aliphatic heterocycles. The number of carboxylic acid groups (broad SMARTS) is 1. The van der Waals surface area contributed by atoms with E-state index in [1.54, 1.807) is 0 Å². The van der Waals surface area contributed by atoms with Gasteiger partial charge in [-0.3, -0.25) is 4.79 Å². The third-order valence-corrected chi connectivity index (χ3v) is 2.79. The van der Waals surface area contributed by atoms with Crippen molar-refractivity contribution in [3.05, 3.63) is 0 Å². The fourth-order valence-corrected chi connectivity index (χ4v) is 2.13. The lowest BCUT2D eigenvalue weighted by molar-refractivity contribution is -0.142. The zero-order valence-corrected chi connectivity index (χ0v) is 7.30. The molecule has 2 atom stereocenters. The first-order chi connectivity index (χ1) is 4.70. The highest BCUT2D eigenvalue weighted by atomic mass is 79.9. The Labute approximate surface area is 85.6 Å². The second-order valence-electron chi connectivity index (χ2n) is 2.80. The maximum Gasteiger partial charge on any atom is 0.306 e. The highest BCUT2D eigenvalue weighted by Crippen LogP contribution is 2.28. The van der Waals surface area contributed by atoms with Crippen LogP contribution < -0.4 is 0 Å². The molecule has 1 aliphatic carbocycles. The van der Waals surface area contributed by atoms with E-state index in [1.807, 2.05) is 0 Å². The zero-order valence-electron chi connectivity index (χ0n) is 5.72. The Hall–Kier alpha value is 0.482. The van der Waals surface area contributed by atoms with Crippen LogP contribution in [0, 0.1) is 5.92 Å². The second-order valence-corrected chi connectivity index (χ2v) is 4.09. The van der Waals surface area contributed by atoms with Gasteiger partial charge in [0.2, 0.25) is 0 Å². The van der Waals surface area contributed by atoms with Gasteiger partial charge in [-0.1, -0.05) is 22.4 Å². The van der Waals surface area contributed by atoms with Crippen LogP contribution in [0.5, 0.6) is 0 Å². The molecule has 64 valence electrons. The number of hydrogen-bond donors (Lipinski definition) is 1. The summed E-state index contributed by atoms with van der Waals surface area (Å²) in [5.74, 6) is -0.734.